The van der Waals surface area contributed by atoms with Crippen molar-refractivity contribution < 1.29 is 9.47 Å². The standard InChI is InChI=1S/C62H36O2/c1-2-15-44-43(14-1)42(40-30-31-46-48-21-9-12-38-13-10-25-56(60(38)48)64-58(46)36-40)32-33-54(44)61-52-19-5-3-17-50(52)59(51-18-4-6-20-53(51)61)39-28-26-37(27-29-39)41-34-35-57-62-47(41)22-11-23-49(62)45-16-7-8-24-55(45)63-57/h1-36H. The molecule has 0 N–H and O–H groups in total. The van der Waals surface area contributed by atoms with Crippen molar-refractivity contribution in [3.05, 3.63) is 218 Å². The fourth-order valence-corrected chi connectivity index (χ4v) is 10.9. The second-order valence-corrected chi connectivity index (χ2v) is 17.0. The molecular weight excluding hydrogens is 777 g/mol. The summed E-state index contributed by atoms with van der Waals surface area (Å²) in [5.41, 5.74) is 14.3. The first kappa shape index (κ1) is 35.2. The van der Waals surface area contributed by atoms with Crippen molar-refractivity contribution in [2.75, 3.05) is 0 Å². The molecule has 2 heterocycles. The molecule has 2 aliphatic heterocycles. The van der Waals surface area contributed by atoms with Crippen molar-refractivity contribution in [1.82, 2.24) is 0 Å². The zero-order valence-corrected chi connectivity index (χ0v) is 34.6. The van der Waals surface area contributed by atoms with E-state index in [1.165, 1.54) is 98.5 Å². The van der Waals surface area contributed by atoms with Gasteiger partial charge in [0.25, 0.3) is 0 Å². The average Bonchev–Trinajstić information content (AvgIpc) is 3.36. The van der Waals surface area contributed by atoms with Gasteiger partial charge in [0, 0.05) is 21.9 Å². The third-order valence-corrected chi connectivity index (χ3v) is 13.7. The lowest BCUT2D eigenvalue weighted by molar-refractivity contribution is 0.487. The normalized spacial score (nSPS) is 12.3. The summed E-state index contributed by atoms with van der Waals surface area (Å²) in [6.45, 7) is 0. The minimum absolute atomic E-state index is 0.888. The Morgan fingerprint density at radius 1 is 0.219 bits per heavy atom. The molecule has 0 atom stereocenters. The molecule has 0 aliphatic carbocycles. The molecule has 12 aromatic carbocycles. The molecular formula is C62H36O2. The monoisotopic (exact) mass is 812 g/mol. The highest BCUT2D eigenvalue weighted by atomic mass is 16.5. The van der Waals surface area contributed by atoms with Crippen LogP contribution in [0, 0.1) is 0 Å². The van der Waals surface area contributed by atoms with Gasteiger partial charge in [-0.15, -0.1) is 0 Å². The number of hydrogen-bond donors (Lipinski definition) is 0. The smallest absolute Gasteiger partial charge is 0.135 e. The molecule has 0 aromatic heterocycles. The van der Waals surface area contributed by atoms with Gasteiger partial charge in [-0.3, -0.25) is 0 Å². The van der Waals surface area contributed by atoms with Crippen LogP contribution >= 0.6 is 0 Å². The molecule has 0 saturated heterocycles. The highest BCUT2D eigenvalue weighted by Crippen LogP contribution is 2.51. The van der Waals surface area contributed by atoms with Gasteiger partial charge in [-0.05, 0) is 129 Å². The molecule has 0 bridgehead atoms. The summed E-state index contributed by atoms with van der Waals surface area (Å²) in [6.07, 6.45) is 0. The highest BCUT2D eigenvalue weighted by molar-refractivity contribution is 6.24. The van der Waals surface area contributed by atoms with Crippen LogP contribution in [-0.2, 0) is 0 Å². The zero-order chi connectivity index (χ0) is 41.9. The Labute approximate surface area is 369 Å². The molecule has 64 heavy (non-hydrogen) atoms. The highest BCUT2D eigenvalue weighted by Gasteiger charge is 2.24. The number of para-hydroxylation sites is 1. The van der Waals surface area contributed by atoms with Gasteiger partial charge < -0.3 is 9.47 Å². The van der Waals surface area contributed by atoms with Gasteiger partial charge in [0.2, 0.25) is 0 Å². The number of fused-ring (bicyclic) bond motifs is 7. The molecule has 14 rings (SSSR count). The van der Waals surface area contributed by atoms with Gasteiger partial charge in [0.05, 0.1) is 0 Å². The SMILES string of the molecule is c1ccc2c(c1)Oc1ccc(-c3ccc(-c4c5ccccc5c(-c5ccc(-c6ccc7c(c6)Oc6cccc8cccc-7c68)c6ccccc56)c5ccccc45)cc3)c3cccc-2c13. The van der Waals surface area contributed by atoms with Crippen molar-refractivity contribution in [3.8, 4) is 89.8 Å². The second-order valence-electron chi connectivity index (χ2n) is 17.0. The average molecular weight is 813 g/mol. The Balaban J connectivity index is 0.901. The summed E-state index contributed by atoms with van der Waals surface area (Å²) in [4.78, 5) is 0. The molecule has 0 saturated carbocycles. The Hall–Kier alpha value is -8.46. The van der Waals surface area contributed by atoms with Crippen LogP contribution in [0.25, 0.3) is 121 Å². The fourth-order valence-electron chi connectivity index (χ4n) is 10.9. The van der Waals surface area contributed by atoms with E-state index in [2.05, 4.69) is 206 Å². The van der Waals surface area contributed by atoms with E-state index in [4.69, 9.17) is 9.47 Å². The zero-order valence-electron chi connectivity index (χ0n) is 34.6. The first-order chi connectivity index (χ1) is 31.7. The van der Waals surface area contributed by atoms with E-state index in [0.717, 1.165) is 45.1 Å². The summed E-state index contributed by atoms with van der Waals surface area (Å²) in [5.74, 6) is 3.61. The van der Waals surface area contributed by atoms with Crippen LogP contribution in [0.4, 0.5) is 0 Å². The molecule has 0 fully saturated rings. The predicted octanol–water partition coefficient (Wildman–Crippen LogP) is 17.7. The molecule has 0 spiro atoms. The number of ether oxygens (including phenoxy) is 2. The van der Waals surface area contributed by atoms with Crippen LogP contribution < -0.4 is 9.47 Å². The maximum Gasteiger partial charge on any atom is 0.135 e. The maximum atomic E-state index is 6.63. The summed E-state index contributed by atoms with van der Waals surface area (Å²) in [6, 6.07) is 79.3. The van der Waals surface area contributed by atoms with E-state index >= 15 is 0 Å². The molecule has 296 valence electrons. The third kappa shape index (κ3) is 5.08. The van der Waals surface area contributed by atoms with Crippen LogP contribution in [0.5, 0.6) is 23.0 Å². The molecule has 12 aromatic rings. The van der Waals surface area contributed by atoms with Gasteiger partial charge in [0.1, 0.15) is 23.0 Å². The Kier molecular flexibility index (Phi) is 7.43. The number of benzene rings is 12. The van der Waals surface area contributed by atoms with Crippen molar-refractivity contribution in [2.45, 2.75) is 0 Å². The minimum atomic E-state index is 0.888. The number of rotatable bonds is 4. The lowest BCUT2D eigenvalue weighted by Gasteiger charge is -2.23. The van der Waals surface area contributed by atoms with Crippen molar-refractivity contribution in [3.63, 3.8) is 0 Å². The maximum absolute atomic E-state index is 6.63. The quantitative estimate of drug-likeness (QED) is 0.165. The third-order valence-electron chi connectivity index (χ3n) is 13.7. The van der Waals surface area contributed by atoms with E-state index in [9.17, 15) is 0 Å². The van der Waals surface area contributed by atoms with Crippen LogP contribution in [0.15, 0.2) is 218 Å². The largest absolute Gasteiger partial charge is 0.456 e. The van der Waals surface area contributed by atoms with Gasteiger partial charge in [-0.25, -0.2) is 0 Å². The van der Waals surface area contributed by atoms with E-state index < -0.39 is 0 Å². The van der Waals surface area contributed by atoms with E-state index in [1.54, 1.807) is 0 Å². The second kappa shape index (κ2) is 13.5. The summed E-state index contributed by atoms with van der Waals surface area (Å²) in [5, 5.41) is 12.1. The van der Waals surface area contributed by atoms with E-state index in [0.29, 0.717) is 0 Å². The first-order valence-electron chi connectivity index (χ1n) is 22.0. The van der Waals surface area contributed by atoms with Crippen LogP contribution in [-0.4, -0.2) is 0 Å². The summed E-state index contributed by atoms with van der Waals surface area (Å²) < 4.78 is 13.0. The van der Waals surface area contributed by atoms with Gasteiger partial charge in [-0.1, -0.05) is 188 Å². The van der Waals surface area contributed by atoms with E-state index in [1.807, 2.05) is 12.1 Å². The van der Waals surface area contributed by atoms with Crippen LogP contribution in [0.1, 0.15) is 0 Å². The summed E-state index contributed by atoms with van der Waals surface area (Å²) >= 11 is 0. The van der Waals surface area contributed by atoms with Crippen molar-refractivity contribution >= 4 is 53.9 Å². The molecule has 2 heteroatoms. The molecule has 2 aliphatic rings. The molecule has 0 amide bonds. The Morgan fingerprint density at radius 3 is 1.44 bits per heavy atom. The summed E-state index contributed by atoms with van der Waals surface area (Å²) in [7, 11) is 0. The van der Waals surface area contributed by atoms with E-state index in [-0.39, 0.29) is 0 Å². The Bertz CT molecular complexity index is 3890. The van der Waals surface area contributed by atoms with Crippen molar-refractivity contribution in [2.24, 2.45) is 0 Å². The molecule has 0 radical (unpaired) electrons. The van der Waals surface area contributed by atoms with Gasteiger partial charge >= 0.3 is 0 Å². The Morgan fingerprint density at radius 2 is 0.672 bits per heavy atom. The fraction of sp³-hybridized carbons (Fsp3) is 0. The first-order valence-corrected chi connectivity index (χ1v) is 22.0. The lowest BCUT2D eigenvalue weighted by Crippen LogP contribution is -1.97. The molecule has 0 unspecified atom stereocenters. The predicted molar refractivity (Wildman–Crippen MR) is 267 cm³/mol. The lowest BCUT2D eigenvalue weighted by atomic mass is 9.83. The van der Waals surface area contributed by atoms with Crippen molar-refractivity contribution in [1.29, 1.82) is 0 Å². The van der Waals surface area contributed by atoms with Crippen LogP contribution in [0.3, 0.4) is 0 Å². The van der Waals surface area contributed by atoms with Crippen LogP contribution in [0.2, 0.25) is 0 Å². The van der Waals surface area contributed by atoms with Gasteiger partial charge in [-0.2, -0.15) is 0 Å². The topological polar surface area (TPSA) is 18.5 Å². The minimum Gasteiger partial charge on any atom is -0.456 e. The number of hydrogen-bond acceptors (Lipinski definition) is 2. The molecule has 2 nitrogen and oxygen atoms in total. The van der Waals surface area contributed by atoms with Gasteiger partial charge in [0.15, 0.2) is 0 Å².